The van der Waals surface area contributed by atoms with Crippen molar-refractivity contribution in [2.24, 2.45) is 5.10 Å². The van der Waals surface area contributed by atoms with Crippen molar-refractivity contribution in [1.82, 2.24) is 5.43 Å². The van der Waals surface area contributed by atoms with Crippen LogP contribution >= 0.6 is 22.9 Å². The lowest BCUT2D eigenvalue weighted by molar-refractivity contribution is 0.0959. The van der Waals surface area contributed by atoms with Gasteiger partial charge in [0.05, 0.1) is 10.6 Å². The van der Waals surface area contributed by atoms with Crippen molar-refractivity contribution in [2.45, 2.75) is 13.3 Å². The van der Waals surface area contributed by atoms with Gasteiger partial charge in [-0.15, -0.1) is 11.3 Å². The summed E-state index contributed by atoms with van der Waals surface area (Å²) in [5.41, 5.74) is 4.35. The number of nitrogens with zero attached hydrogens (tertiary/aromatic N) is 1. The average molecular weight is 293 g/mol. The minimum absolute atomic E-state index is 0.185. The van der Waals surface area contributed by atoms with Crippen LogP contribution in [0.5, 0.6) is 0 Å². The van der Waals surface area contributed by atoms with E-state index >= 15 is 0 Å². The van der Waals surface area contributed by atoms with Crippen LogP contribution in [-0.4, -0.2) is 11.6 Å². The first-order valence-corrected chi connectivity index (χ1v) is 7.13. The van der Waals surface area contributed by atoms with Gasteiger partial charge in [0.1, 0.15) is 0 Å². The third-order valence-electron chi connectivity index (χ3n) is 2.55. The highest BCUT2D eigenvalue weighted by Gasteiger charge is 2.06. The Bertz CT molecular complexity index is 576. The van der Waals surface area contributed by atoms with Crippen LogP contribution in [0.25, 0.3) is 0 Å². The third-order valence-corrected chi connectivity index (χ3v) is 3.67. The SMILES string of the molecule is CCC(=NNC(=O)c1cccs1)c1ccc(Cl)cc1. The zero-order valence-electron chi connectivity index (χ0n) is 10.4. The van der Waals surface area contributed by atoms with E-state index < -0.39 is 0 Å². The number of hydrogen-bond donors (Lipinski definition) is 1. The molecule has 1 aromatic carbocycles. The summed E-state index contributed by atoms with van der Waals surface area (Å²) in [5, 5.41) is 6.72. The molecule has 0 saturated carbocycles. The van der Waals surface area contributed by atoms with Crippen LogP contribution in [-0.2, 0) is 0 Å². The number of benzene rings is 1. The van der Waals surface area contributed by atoms with E-state index in [0.29, 0.717) is 9.90 Å². The van der Waals surface area contributed by atoms with E-state index in [9.17, 15) is 4.79 Å². The van der Waals surface area contributed by atoms with Crippen LogP contribution in [0.3, 0.4) is 0 Å². The molecule has 0 fully saturated rings. The summed E-state index contributed by atoms with van der Waals surface area (Å²) in [7, 11) is 0. The molecule has 19 heavy (non-hydrogen) atoms. The van der Waals surface area contributed by atoms with Crippen molar-refractivity contribution < 1.29 is 4.79 Å². The molecule has 2 rings (SSSR count). The summed E-state index contributed by atoms with van der Waals surface area (Å²) >= 11 is 7.24. The Morgan fingerprint density at radius 2 is 2.05 bits per heavy atom. The van der Waals surface area contributed by atoms with Crippen molar-refractivity contribution in [3.05, 3.63) is 57.2 Å². The number of halogens is 1. The summed E-state index contributed by atoms with van der Waals surface area (Å²) in [6, 6.07) is 11.0. The van der Waals surface area contributed by atoms with E-state index in [1.54, 1.807) is 6.07 Å². The Labute approximate surface area is 120 Å². The Balaban J connectivity index is 2.11. The second kappa shape index (κ2) is 6.50. The van der Waals surface area contributed by atoms with E-state index in [0.717, 1.165) is 17.7 Å². The minimum atomic E-state index is -0.185. The fourth-order valence-electron chi connectivity index (χ4n) is 1.57. The zero-order valence-corrected chi connectivity index (χ0v) is 12.0. The van der Waals surface area contributed by atoms with Crippen molar-refractivity contribution in [1.29, 1.82) is 0 Å². The van der Waals surface area contributed by atoms with Crippen LogP contribution in [0.2, 0.25) is 5.02 Å². The van der Waals surface area contributed by atoms with Gasteiger partial charge in [-0.3, -0.25) is 4.79 Å². The van der Waals surface area contributed by atoms with E-state index in [2.05, 4.69) is 10.5 Å². The van der Waals surface area contributed by atoms with Crippen molar-refractivity contribution in [3.63, 3.8) is 0 Å². The van der Waals surface area contributed by atoms with Crippen LogP contribution in [0.15, 0.2) is 46.9 Å². The molecule has 0 aliphatic rings. The topological polar surface area (TPSA) is 41.5 Å². The van der Waals surface area contributed by atoms with Gasteiger partial charge in [0.15, 0.2) is 0 Å². The van der Waals surface area contributed by atoms with E-state index in [4.69, 9.17) is 11.6 Å². The first kappa shape index (κ1) is 13.8. The van der Waals surface area contributed by atoms with Gasteiger partial charge >= 0.3 is 0 Å². The van der Waals surface area contributed by atoms with Gasteiger partial charge in [-0.1, -0.05) is 36.7 Å². The highest BCUT2D eigenvalue weighted by molar-refractivity contribution is 7.12. The van der Waals surface area contributed by atoms with Crippen molar-refractivity contribution >= 4 is 34.6 Å². The molecular weight excluding hydrogens is 280 g/mol. The molecule has 3 nitrogen and oxygen atoms in total. The molecule has 1 N–H and O–H groups in total. The third kappa shape index (κ3) is 3.66. The predicted molar refractivity (Wildman–Crippen MR) is 80.1 cm³/mol. The Morgan fingerprint density at radius 3 is 2.63 bits per heavy atom. The summed E-state index contributed by atoms with van der Waals surface area (Å²) < 4.78 is 0. The first-order valence-electron chi connectivity index (χ1n) is 5.87. The van der Waals surface area contributed by atoms with E-state index in [1.165, 1.54) is 11.3 Å². The molecule has 2 aromatic rings. The number of carbonyl (C=O) groups excluding carboxylic acids is 1. The normalized spacial score (nSPS) is 11.4. The fraction of sp³-hybridized carbons (Fsp3) is 0.143. The molecule has 5 heteroatoms. The predicted octanol–water partition coefficient (Wildman–Crippen LogP) is 3.95. The molecule has 1 heterocycles. The van der Waals surface area contributed by atoms with Crippen LogP contribution in [0.1, 0.15) is 28.6 Å². The van der Waals surface area contributed by atoms with Gasteiger partial charge < -0.3 is 0 Å². The number of amides is 1. The summed E-state index contributed by atoms with van der Waals surface area (Å²) in [4.78, 5) is 12.4. The molecule has 98 valence electrons. The number of hydrazone groups is 1. The minimum Gasteiger partial charge on any atom is -0.266 e. The smallest absolute Gasteiger partial charge is 0.266 e. The number of rotatable bonds is 4. The maximum absolute atomic E-state index is 11.8. The monoisotopic (exact) mass is 292 g/mol. The maximum Gasteiger partial charge on any atom is 0.281 e. The standard InChI is InChI=1S/C14H13ClN2OS/c1-2-12(10-5-7-11(15)8-6-10)16-17-14(18)13-4-3-9-19-13/h3-9H,2H2,1H3,(H,17,18). The van der Waals surface area contributed by atoms with Gasteiger partial charge in [0.2, 0.25) is 0 Å². The zero-order chi connectivity index (χ0) is 13.7. The Kier molecular flexibility index (Phi) is 4.71. The summed E-state index contributed by atoms with van der Waals surface area (Å²) in [5.74, 6) is -0.185. The second-order valence-electron chi connectivity index (χ2n) is 3.84. The molecule has 0 saturated heterocycles. The molecule has 1 aromatic heterocycles. The lowest BCUT2D eigenvalue weighted by Gasteiger charge is -2.04. The molecule has 0 atom stereocenters. The lowest BCUT2D eigenvalue weighted by Crippen LogP contribution is -2.18. The Hall–Kier alpha value is -1.65. The quantitative estimate of drug-likeness (QED) is 0.673. The molecule has 0 aliphatic heterocycles. The molecule has 1 amide bonds. The average Bonchev–Trinajstić information content (AvgIpc) is 2.95. The molecule has 0 unspecified atom stereocenters. The van der Waals surface area contributed by atoms with Crippen LogP contribution in [0, 0.1) is 0 Å². The Morgan fingerprint density at radius 1 is 1.32 bits per heavy atom. The molecular formula is C14H13ClN2OS. The number of thiophene rings is 1. The maximum atomic E-state index is 11.8. The van der Waals surface area contributed by atoms with Gasteiger partial charge in [0, 0.05) is 5.02 Å². The molecule has 0 bridgehead atoms. The lowest BCUT2D eigenvalue weighted by atomic mass is 10.1. The van der Waals surface area contributed by atoms with E-state index in [1.807, 2.05) is 42.6 Å². The van der Waals surface area contributed by atoms with E-state index in [-0.39, 0.29) is 5.91 Å². The van der Waals surface area contributed by atoms with Crippen molar-refractivity contribution in [2.75, 3.05) is 0 Å². The highest BCUT2D eigenvalue weighted by atomic mass is 35.5. The highest BCUT2D eigenvalue weighted by Crippen LogP contribution is 2.12. The van der Waals surface area contributed by atoms with Crippen LogP contribution in [0.4, 0.5) is 0 Å². The molecule has 0 aliphatic carbocycles. The molecule has 0 radical (unpaired) electrons. The van der Waals surface area contributed by atoms with Crippen molar-refractivity contribution in [3.8, 4) is 0 Å². The largest absolute Gasteiger partial charge is 0.281 e. The molecule has 0 spiro atoms. The van der Waals surface area contributed by atoms with Crippen LogP contribution < -0.4 is 5.43 Å². The summed E-state index contributed by atoms with van der Waals surface area (Å²) in [6.07, 6.45) is 0.729. The second-order valence-corrected chi connectivity index (χ2v) is 5.22. The number of nitrogens with one attached hydrogen (secondary N) is 1. The number of hydrogen-bond acceptors (Lipinski definition) is 3. The fourth-order valence-corrected chi connectivity index (χ4v) is 2.31. The van der Waals surface area contributed by atoms with Gasteiger partial charge in [0.25, 0.3) is 5.91 Å². The first-order chi connectivity index (χ1) is 9.20. The van der Waals surface area contributed by atoms with Gasteiger partial charge in [-0.25, -0.2) is 5.43 Å². The van der Waals surface area contributed by atoms with Gasteiger partial charge in [-0.05, 0) is 35.6 Å². The van der Waals surface area contributed by atoms with Gasteiger partial charge in [-0.2, -0.15) is 5.10 Å². The number of carbonyl (C=O) groups is 1. The summed E-state index contributed by atoms with van der Waals surface area (Å²) in [6.45, 7) is 1.99.